The molecule has 2 heterocycles. The minimum atomic E-state index is -4.44. The summed E-state index contributed by atoms with van der Waals surface area (Å²) >= 11 is 0. The smallest absolute Gasteiger partial charge is 0.399 e. The van der Waals surface area contributed by atoms with Crippen LogP contribution in [-0.4, -0.2) is 35.8 Å². The Morgan fingerprint density at radius 2 is 1.47 bits per heavy atom. The maximum Gasteiger partial charge on any atom is 0.421 e. The SMILES string of the molecule is CC(C)Cc1ccc(C(C)(C)CN2CC=C(c3ccc(C(F)(F)F)cc3)CC23OC(=O)C(=O)O3)cc1. The predicted molar refractivity (Wildman–Crippen MR) is 129 cm³/mol. The molecule has 2 aromatic rings. The largest absolute Gasteiger partial charge is 0.421 e. The van der Waals surface area contributed by atoms with Gasteiger partial charge in [0.15, 0.2) is 0 Å². The first-order valence-electron chi connectivity index (χ1n) is 12.0. The van der Waals surface area contributed by atoms with Crippen LogP contribution in [0.1, 0.15) is 56.4 Å². The first-order chi connectivity index (χ1) is 16.8. The molecule has 1 saturated heterocycles. The third kappa shape index (κ3) is 5.33. The number of hydrogen-bond donors (Lipinski definition) is 0. The van der Waals surface area contributed by atoms with Crippen molar-refractivity contribution in [2.75, 3.05) is 13.1 Å². The number of halogens is 3. The van der Waals surface area contributed by atoms with E-state index < -0.39 is 29.6 Å². The number of carbonyl (C=O) groups excluding carboxylic acids is 2. The van der Waals surface area contributed by atoms with E-state index in [1.165, 1.54) is 17.7 Å². The van der Waals surface area contributed by atoms with Crippen LogP contribution >= 0.6 is 0 Å². The zero-order chi connectivity index (χ0) is 26.3. The second kappa shape index (κ2) is 9.39. The number of hydrogen-bond acceptors (Lipinski definition) is 5. The van der Waals surface area contributed by atoms with Crippen molar-refractivity contribution in [2.24, 2.45) is 5.92 Å². The predicted octanol–water partition coefficient (Wildman–Crippen LogP) is 5.72. The maximum absolute atomic E-state index is 13.0. The average Bonchev–Trinajstić information content (AvgIpc) is 3.08. The monoisotopic (exact) mass is 501 g/mol. The molecule has 0 N–H and O–H groups in total. The zero-order valence-corrected chi connectivity index (χ0v) is 20.8. The average molecular weight is 502 g/mol. The molecule has 0 aliphatic carbocycles. The number of esters is 2. The topological polar surface area (TPSA) is 55.8 Å². The molecule has 5 nitrogen and oxygen atoms in total. The summed E-state index contributed by atoms with van der Waals surface area (Å²) in [5.74, 6) is -3.25. The number of nitrogens with zero attached hydrogens (tertiary/aromatic N) is 1. The van der Waals surface area contributed by atoms with Crippen LogP contribution in [0.4, 0.5) is 13.2 Å². The molecule has 36 heavy (non-hydrogen) atoms. The molecule has 0 aromatic heterocycles. The van der Waals surface area contributed by atoms with Crippen LogP contribution in [0, 0.1) is 5.92 Å². The van der Waals surface area contributed by atoms with Gasteiger partial charge >= 0.3 is 24.0 Å². The summed E-state index contributed by atoms with van der Waals surface area (Å²) in [6.07, 6.45) is -1.57. The normalized spacial score (nSPS) is 18.4. The van der Waals surface area contributed by atoms with Crippen molar-refractivity contribution in [1.29, 1.82) is 0 Å². The van der Waals surface area contributed by atoms with Gasteiger partial charge in [-0.05, 0) is 46.7 Å². The molecule has 4 rings (SSSR count). The van der Waals surface area contributed by atoms with Crippen LogP contribution < -0.4 is 0 Å². The van der Waals surface area contributed by atoms with E-state index in [1.54, 1.807) is 4.90 Å². The third-order valence-electron chi connectivity index (χ3n) is 6.67. The number of alkyl halides is 3. The zero-order valence-electron chi connectivity index (χ0n) is 20.8. The molecular weight excluding hydrogens is 471 g/mol. The van der Waals surface area contributed by atoms with E-state index in [0.717, 1.165) is 24.1 Å². The van der Waals surface area contributed by atoms with Crippen LogP contribution in [0.5, 0.6) is 0 Å². The van der Waals surface area contributed by atoms with Gasteiger partial charge in [0.2, 0.25) is 0 Å². The van der Waals surface area contributed by atoms with Gasteiger partial charge < -0.3 is 9.47 Å². The standard InChI is InChI=1S/C28H30F3NO4/c1-18(2)15-19-5-9-22(10-6-19)26(3,4)17-32-14-13-21(16-27(32)35-24(33)25(34)36-27)20-7-11-23(12-8-20)28(29,30)31/h5-13,18H,14-17H2,1-4H3. The molecular formula is C28H30F3NO4. The van der Waals surface area contributed by atoms with E-state index in [4.69, 9.17) is 9.47 Å². The summed E-state index contributed by atoms with van der Waals surface area (Å²) < 4.78 is 49.9. The second-order valence-corrected chi connectivity index (χ2v) is 10.5. The van der Waals surface area contributed by atoms with Crippen LogP contribution in [0.3, 0.4) is 0 Å². The molecule has 8 heteroatoms. The van der Waals surface area contributed by atoms with Crippen molar-refractivity contribution in [2.45, 2.75) is 58.0 Å². The summed E-state index contributed by atoms with van der Waals surface area (Å²) in [6, 6.07) is 13.2. The molecule has 0 unspecified atom stereocenters. The summed E-state index contributed by atoms with van der Waals surface area (Å²) in [7, 11) is 0. The van der Waals surface area contributed by atoms with Crippen LogP contribution in [0.25, 0.3) is 5.57 Å². The number of ether oxygens (including phenoxy) is 2. The van der Waals surface area contributed by atoms with E-state index in [9.17, 15) is 22.8 Å². The highest BCUT2D eigenvalue weighted by molar-refractivity contribution is 6.31. The van der Waals surface area contributed by atoms with Crippen molar-refractivity contribution in [1.82, 2.24) is 4.90 Å². The molecule has 0 atom stereocenters. The number of rotatable bonds is 6. The molecule has 0 bridgehead atoms. The Hall–Kier alpha value is -3.13. The molecule has 0 amide bonds. The lowest BCUT2D eigenvalue weighted by atomic mass is 9.82. The van der Waals surface area contributed by atoms with Crippen molar-refractivity contribution < 1.29 is 32.2 Å². The first-order valence-corrected chi connectivity index (χ1v) is 12.0. The second-order valence-electron chi connectivity index (χ2n) is 10.5. The van der Waals surface area contributed by atoms with Gasteiger partial charge in [-0.1, -0.05) is 70.2 Å². The van der Waals surface area contributed by atoms with Crippen molar-refractivity contribution in [3.8, 4) is 0 Å². The highest BCUT2D eigenvalue weighted by atomic mass is 19.4. The number of carbonyl (C=O) groups is 2. The van der Waals surface area contributed by atoms with Crippen LogP contribution in [-0.2, 0) is 37.1 Å². The van der Waals surface area contributed by atoms with Gasteiger partial charge in [-0.25, -0.2) is 14.5 Å². The highest BCUT2D eigenvalue weighted by Gasteiger charge is 2.55. The molecule has 0 saturated carbocycles. The Labute approximate surface area is 208 Å². The van der Waals surface area contributed by atoms with Gasteiger partial charge in [-0.15, -0.1) is 0 Å². The van der Waals surface area contributed by atoms with Gasteiger partial charge in [0.1, 0.15) is 0 Å². The van der Waals surface area contributed by atoms with Gasteiger partial charge in [-0.3, -0.25) is 0 Å². The summed E-state index contributed by atoms with van der Waals surface area (Å²) in [6.45, 7) is 9.16. The van der Waals surface area contributed by atoms with E-state index in [2.05, 4.69) is 52.0 Å². The van der Waals surface area contributed by atoms with Crippen molar-refractivity contribution in [3.05, 3.63) is 76.9 Å². The maximum atomic E-state index is 13.0. The molecule has 192 valence electrons. The fraction of sp³-hybridized carbons (Fsp3) is 0.429. The lowest BCUT2D eigenvalue weighted by molar-refractivity contribution is -0.250. The number of benzene rings is 2. The lowest BCUT2D eigenvalue weighted by Gasteiger charge is -2.43. The van der Waals surface area contributed by atoms with Gasteiger partial charge in [-0.2, -0.15) is 13.2 Å². The van der Waals surface area contributed by atoms with Crippen molar-refractivity contribution in [3.63, 3.8) is 0 Å². The van der Waals surface area contributed by atoms with E-state index in [0.29, 0.717) is 23.6 Å². The Kier molecular flexibility index (Phi) is 6.77. The minimum Gasteiger partial charge on any atom is -0.399 e. The fourth-order valence-corrected chi connectivity index (χ4v) is 4.79. The van der Waals surface area contributed by atoms with E-state index in [1.807, 2.05) is 6.08 Å². The quantitative estimate of drug-likeness (QED) is 0.374. The van der Waals surface area contributed by atoms with Crippen LogP contribution in [0.2, 0.25) is 0 Å². The Morgan fingerprint density at radius 1 is 0.917 bits per heavy atom. The lowest BCUT2D eigenvalue weighted by Crippen LogP contribution is -2.55. The van der Waals surface area contributed by atoms with Gasteiger partial charge in [0, 0.05) is 18.5 Å². The van der Waals surface area contributed by atoms with Crippen LogP contribution in [0.15, 0.2) is 54.6 Å². The first kappa shape index (κ1) is 25.9. The third-order valence-corrected chi connectivity index (χ3v) is 6.67. The van der Waals surface area contributed by atoms with E-state index in [-0.39, 0.29) is 18.4 Å². The summed E-state index contributed by atoms with van der Waals surface area (Å²) in [4.78, 5) is 26.0. The summed E-state index contributed by atoms with van der Waals surface area (Å²) in [5, 5.41) is 0. The van der Waals surface area contributed by atoms with Gasteiger partial charge in [0.05, 0.1) is 12.0 Å². The fourth-order valence-electron chi connectivity index (χ4n) is 4.79. The molecule has 1 fully saturated rings. The van der Waals surface area contributed by atoms with Gasteiger partial charge in [0.25, 0.3) is 0 Å². The Balaban J connectivity index is 1.60. The Bertz CT molecular complexity index is 1150. The Morgan fingerprint density at radius 3 is 2.00 bits per heavy atom. The molecule has 2 aliphatic heterocycles. The molecule has 2 aromatic carbocycles. The molecule has 2 aliphatic rings. The minimum absolute atomic E-state index is 0.0131. The molecule has 0 radical (unpaired) electrons. The molecule has 1 spiro atoms. The van der Waals surface area contributed by atoms with E-state index >= 15 is 0 Å². The highest BCUT2D eigenvalue weighted by Crippen LogP contribution is 2.41. The van der Waals surface area contributed by atoms with Crippen molar-refractivity contribution >= 4 is 17.5 Å². The summed E-state index contributed by atoms with van der Waals surface area (Å²) in [5.41, 5.74) is 2.38.